The number of nitrogens with two attached hydrogens (primary N) is 1. The maximum Gasteiger partial charge on any atom is 0.227 e. The summed E-state index contributed by atoms with van der Waals surface area (Å²) in [5.41, 5.74) is 6.65. The first-order chi connectivity index (χ1) is 6.63. The van der Waals surface area contributed by atoms with Crippen LogP contribution in [0.2, 0.25) is 0 Å². The fraction of sp³-hybridized carbons (Fsp3) is 0.200. The van der Waals surface area contributed by atoms with E-state index in [0.29, 0.717) is 5.56 Å². The molecule has 0 spiro atoms. The Kier molecular flexibility index (Phi) is 3.55. The molecule has 0 bridgehead atoms. The van der Waals surface area contributed by atoms with E-state index < -0.39 is 0 Å². The maximum atomic E-state index is 10.6. The molecule has 0 fully saturated rings. The number of hydrogen-bond donors (Lipinski definition) is 1. The molecule has 3 nitrogen and oxygen atoms in total. The second-order valence-electron chi connectivity index (χ2n) is 2.87. The van der Waals surface area contributed by atoms with Crippen LogP contribution in [0, 0.1) is 18.3 Å². The van der Waals surface area contributed by atoms with Gasteiger partial charge in [0.05, 0.1) is 11.3 Å². The number of aryl methyl sites for hydroxylation is 1. The van der Waals surface area contributed by atoms with Gasteiger partial charge in [-0.15, -0.1) is 11.8 Å². The molecule has 0 aliphatic rings. The molecular formula is C10H10N2OS. The minimum Gasteiger partial charge on any atom is -0.369 e. The van der Waals surface area contributed by atoms with Crippen molar-refractivity contribution in [2.45, 2.75) is 11.8 Å². The van der Waals surface area contributed by atoms with Crippen molar-refractivity contribution in [3.63, 3.8) is 0 Å². The largest absolute Gasteiger partial charge is 0.369 e. The summed E-state index contributed by atoms with van der Waals surface area (Å²) < 4.78 is 0. The molecule has 1 rings (SSSR count). The molecule has 1 aromatic rings. The third-order valence-corrected chi connectivity index (χ3v) is 2.72. The third-order valence-electron chi connectivity index (χ3n) is 1.63. The molecule has 0 radical (unpaired) electrons. The van der Waals surface area contributed by atoms with Crippen LogP contribution in [0.15, 0.2) is 23.1 Å². The predicted molar refractivity (Wildman–Crippen MR) is 55.8 cm³/mol. The Morgan fingerprint density at radius 1 is 1.64 bits per heavy atom. The summed E-state index contributed by atoms with van der Waals surface area (Å²) in [5.74, 6) is -0.169. The quantitative estimate of drug-likeness (QED) is 0.761. The van der Waals surface area contributed by atoms with Crippen LogP contribution in [0.5, 0.6) is 0 Å². The summed E-state index contributed by atoms with van der Waals surface area (Å²) >= 11 is 1.29. The van der Waals surface area contributed by atoms with Crippen LogP contribution in [-0.2, 0) is 4.79 Å². The number of nitrogens with zero attached hydrogens (tertiary/aromatic N) is 1. The van der Waals surface area contributed by atoms with Crippen LogP contribution in [0.1, 0.15) is 11.1 Å². The van der Waals surface area contributed by atoms with Crippen LogP contribution in [-0.4, -0.2) is 11.7 Å². The van der Waals surface area contributed by atoms with E-state index in [0.717, 1.165) is 10.5 Å². The Balaban J connectivity index is 2.87. The number of primary amides is 1. The van der Waals surface area contributed by atoms with Crippen molar-refractivity contribution in [3.8, 4) is 6.07 Å². The van der Waals surface area contributed by atoms with Gasteiger partial charge in [0.1, 0.15) is 6.07 Å². The SMILES string of the molecule is Cc1ccc(SCC(N)=O)c(C#N)c1. The second-order valence-corrected chi connectivity index (χ2v) is 3.88. The topological polar surface area (TPSA) is 66.9 Å². The van der Waals surface area contributed by atoms with Crippen molar-refractivity contribution in [2.24, 2.45) is 5.73 Å². The van der Waals surface area contributed by atoms with Gasteiger partial charge in [0.15, 0.2) is 0 Å². The molecule has 72 valence electrons. The summed E-state index contributed by atoms with van der Waals surface area (Å²) in [6.07, 6.45) is 0. The third kappa shape index (κ3) is 2.79. The first kappa shape index (κ1) is 10.6. The molecule has 0 atom stereocenters. The van der Waals surface area contributed by atoms with Crippen molar-refractivity contribution in [1.29, 1.82) is 5.26 Å². The molecule has 2 N–H and O–H groups in total. The lowest BCUT2D eigenvalue weighted by Gasteiger charge is -2.02. The number of nitriles is 1. The van der Waals surface area contributed by atoms with Gasteiger partial charge in [-0.3, -0.25) is 4.79 Å². The molecule has 0 saturated heterocycles. The van der Waals surface area contributed by atoms with Gasteiger partial charge in [0.25, 0.3) is 0 Å². The molecule has 14 heavy (non-hydrogen) atoms. The van der Waals surface area contributed by atoms with Gasteiger partial charge < -0.3 is 5.73 Å². The molecule has 1 aromatic carbocycles. The molecule has 4 heteroatoms. The standard InChI is InChI=1S/C10H10N2OS/c1-7-2-3-9(8(4-7)5-11)14-6-10(12)13/h2-4H,6H2,1H3,(H2,12,13). The highest BCUT2D eigenvalue weighted by molar-refractivity contribution is 8.00. The lowest BCUT2D eigenvalue weighted by atomic mass is 10.2. The van der Waals surface area contributed by atoms with Gasteiger partial charge in [0.2, 0.25) is 5.91 Å². The smallest absolute Gasteiger partial charge is 0.227 e. The fourth-order valence-electron chi connectivity index (χ4n) is 1.01. The summed E-state index contributed by atoms with van der Waals surface area (Å²) in [6.45, 7) is 1.92. The molecule has 0 saturated carbocycles. The zero-order chi connectivity index (χ0) is 10.6. The zero-order valence-corrected chi connectivity index (χ0v) is 8.60. The van der Waals surface area contributed by atoms with Crippen molar-refractivity contribution in [1.82, 2.24) is 0 Å². The number of rotatable bonds is 3. The molecule has 0 heterocycles. The first-order valence-corrected chi connectivity index (χ1v) is 5.04. The van der Waals surface area contributed by atoms with E-state index in [4.69, 9.17) is 11.0 Å². The molecular weight excluding hydrogens is 196 g/mol. The van der Waals surface area contributed by atoms with E-state index in [-0.39, 0.29) is 11.7 Å². The van der Waals surface area contributed by atoms with Crippen LogP contribution in [0.4, 0.5) is 0 Å². The number of benzene rings is 1. The number of carbonyl (C=O) groups excluding carboxylic acids is 1. The zero-order valence-electron chi connectivity index (χ0n) is 7.78. The Bertz CT molecular complexity index is 396. The average Bonchev–Trinajstić information content (AvgIpc) is 2.15. The van der Waals surface area contributed by atoms with Gasteiger partial charge in [0, 0.05) is 4.90 Å². The van der Waals surface area contributed by atoms with E-state index in [9.17, 15) is 4.79 Å². The predicted octanol–water partition coefficient (Wildman–Crippen LogP) is 1.44. The molecule has 1 amide bonds. The van der Waals surface area contributed by atoms with Crippen molar-refractivity contribution in [2.75, 3.05) is 5.75 Å². The summed E-state index contributed by atoms with van der Waals surface area (Å²) in [6, 6.07) is 7.62. The number of hydrogen-bond acceptors (Lipinski definition) is 3. The van der Waals surface area contributed by atoms with Crippen LogP contribution in [0.3, 0.4) is 0 Å². The van der Waals surface area contributed by atoms with Crippen molar-refractivity contribution >= 4 is 17.7 Å². The Hall–Kier alpha value is -1.47. The number of thioether (sulfide) groups is 1. The minimum atomic E-state index is -0.375. The Morgan fingerprint density at radius 2 is 2.36 bits per heavy atom. The van der Waals surface area contributed by atoms with Gasteiger partial charge in [-0.25, -0.2) is 0 Å². The van der Waals surface area contributed by atoms with Gasteiger partial charge >= 0.3 is 0 Å². The summed E-state index contributed by atoms with van der Waals surface area (Å²) in [4.78, 5) is 11.4. The van der Waals surface area contributed by atoms with Crippen LogP contribution in [0.25, 0.3) is 0 Å². The fourth-order valence-corrected chi connectivity index (χ4v) is 1.73. The lowest BCUT2D eigenvalue weighted by molar-refractivity contribution is -0.115. The van der Waals surface area contributed by atoms with Crippen molar-refractivity contribution in [3.05, 3.63) is 29.3 Å². The number of amides is 1. The van der Waals surface area contributed by atoms with E-state index in [2.05, 4.69) is 6.07 Å². The Labute approximate surface area is 86.9 Å². The highest BCUT2D eigenvalue weighted by atomic mass is 32.2. The van der Waals surface area contributed by atoms with E-state index in [1.54, 1.807) is 6.07 Å². The van der Waals surface area contributed by atoms with Gasteiger partial charge in [-0.2, -0.15) is 5.26 Å². The maximum absolute atomic E-state index is 10.6. The molecule has 0 unspecified atom stereocenters. The molecule has 0 aromatic heterocycles. The summed E-state index contributed by atoms with van der Waals surface area (Å²) in [7, 11) is 0. The Morgan fingerprint density at radius 3 is 2.93 bits per heavy atom. The van der Waals surface area contributed by atoms with E-state index >= 15 is 0 Å². The highest BCUT2D eigenvalue weighted by Gasteiger charge is 2.04. The first-order valence-electron chi connectivity index (χ1n) is 4.05. The minimum absolute atomic E-state index is 0.206. The lowest BCUT2D eigenvalue weighted by Crippen LogP contribution is -2.13. The van der Waals surface area contributed by atoms with Crippen LogP contribution >= 0.6 is 11.8 Å². The molecule has 0 aliphatic carbocycles. The van der Waals surface area contributed by atoms with Crippen molar-refractivity contribution < 1.29 is 4.79 Å². The molecule has 0 aliphatic heterocycles. The monoisotopic (exact) mass is 206 g/mol. The second kappa shape index (κ2) is 4.68. The summed E-state index contributed by atoms with van der Waals surface area (Å²) in [5, 5.41) is 8.83. The van der Waals surface area contributed by atoms with Gasteiger partial charge in [-0.1, -0.05) is 6.07 Å². The van der Waals surface area contributed by atoms with Gasteiger partial charge in [-0.05, 0) is 24.6 Å². The van der Waals surface area contributed by atoms with Crippen LogP contribution < -0.4 is 5.73 Å². The normalized spacial score (nSPS) is 9.43. The van der Waals surface area contributed by atoms with E-state index in [1.165, 1.54) is 11.8 Å². The number of carbonyl (C=O) groups is 1. The van der Waals surface area contributed by atoms with E-state index in [1.807, 2.05) is 19.1 Å². The average molecular weight is 206 g/mol. The highest BCUT2D eigenvalue weighted by Crippen LogP contribution is 2.22.